The predicted octanol–water partition coefficient (Wildman–Crippen LogP) is 3.59. The van der Waals surface area contributed by atoms with Gasteiger partial charge in [-0.1, -0.05) is 30.7 Å². The highest BCUT2D eigenvalue weighted by Crippen LogP contribution is 2.20. The first-order valence-corrected chi connectivity index (χ1v) is 7.37. The van der Waals surface area contributed by atoms with Gasteiger partial charge in [-0.25, -0.2) is 14.4 Å². The van der Waals surface area contributed by atoms with E-state index in [9.17, 15) is 4.39 Å². The Morgan fingerprint density at radius 2 is 1.86 bits per heavy atom. The molecule has 0 spiro atoms. The van der Waals surface area contributed by atoms with E-state index >= 15 is 0 Å². The summed E-state index contributed by atoms with van der Waals surface area (Å²) in [5, 5.41) is 3.40. The van der Waals surface area contributed by atoms with Gasteiger partial charge < -0.3 is 5.32 Å². The predicted molar refractivity (Wildman–Crippen MR) is 83.1 cm³/mol. The number of nitrogens with zero attached hydrogens (tertiary/aromatic N) is 2. The van der Waals surface area contributed by atoms with Gasteiger partial charge in [-0.3, -0.25) is 0 Å². The van der Waals surface area contributed by atoms with Crippen LogP contribution in [0, 0.1) is 19.7 Å². The van der Waals surface area contributed by atoms with Crippen LogP contribution in [0.25, 0.3) is 0 Å². The number of hydrogen-bond donors (Lipinski definition) is 1. The highest BCUT2D eigenvalue weighted by Gasteiger charge is 2.12. The Kier molecular flexibility index (Phi) is 5.26. The topological polar surface area (TPSA) is 37.8 Å². The molecule has 3 nitrogen and oxygen atoms in total. The standard InChI is InChI=1S/C16H19ClFN3/c1-4-19-9-13-10(2)20-15(21-11(13)3)8-12-6-5-7-14(17)16(12)18/h5-7,19H,4,8-9H2,1-3H3. The number of nitrogens with one attached hydrogen (secondary N) is 1. The molecule has 0 saturated heterocycles. The highest BCUT2D eigenvalue weighted by molar-refractivity contribution is 6.30. The van der Waals surface area contributed by atoms with Crippen molar-refractivity contribution >= 4 is 11.6 Å². The molecule has 0 aliphatic rings. The first-order chi connectivity index (χ1) is 10.0. The van der Waals surface area contributed by atoms with Crippen molar-refractivity contribution in [3.63, 3.8) is 0 Å². The van der Waals surface area contributed by atoms with E-state index in [0.717, 1.165) is 30.0 Å². The lowest BCUT2D eigenvalue weighted by Gasteiger charge is -2.11. The largest absolute Gasteiger partial charge is 0.313 e. The Labute approximate surface area is 129 Å². The number of rotatable bonds is 5. The summed E-state index contributed by atoms with van der Waals surface area (Å²) in [5.74, 6) is 0.223. The Morgan fingerprint density at radius 3 is 2.48 bits per heavy atom. The number of aryl methyl sites for hydroxylation is 2. The molecule has 0 amide bonds. The highest BCUT2D eigenvalue weighted by atomic mass is 35.5. The van der Waals surface area contributed by atoms with Gasteiger partial charge in [-0.2, -0.15) is 0 Å². The normalized spacial score (nSPS) is 10.9. The van der Waals surface area contributed by atoms with Gasteiger partial charge in [0.2, 0.25) is 0 Å². The van der Waals surface area contributed by atoms with Gasteiger partial charge in [0.25, 0.3) is 0 Å². The molecule has 1 N–H and O–H groups in total. The van der Waals surface area contributed by atoms with E-state index < -0.39 is 5.82 Å². The average molecular weight is 308 g/mol. The van der Waals surface area contributed by atoms with E-state index in [-0.39, 0.29) is 5.02 Å². The van der Waals surface area contributed by atoms with Crippen molar-refractivity contribution in [1.82, 2.24) is 15.3 Å². The fourth-order valence-electron chi connectivity index (χ4n) is 2.25. The maximum atomic E-state index is 13.9. The Morgan fingerprint density at radius 1 is 1.19 bits per heavy atom. The lowest BCUT2D eigenvalue weighted by molar-refractivity contribution is 0.612. The van der Waals surface area contributed by atoms with Crippen LogP contribution in [0.5, 0.6) is 0 Å². The van der Waals surface area contributed by atoms with Crippen LogP contribution < -0.4 is 5.32 Å². The molecule has 21 heavy (non-hydrogen) atoms. The van der Waals surface area contributed by atoms with E-state index in [2.05, 4.69) is 22.2 Å². The molecule has 0 radical (unpaired) electrons. The van der Waals surface area contributed by atoms with Crippen molar-refractivity contribution in [3.8, 4) is 0 Å². The van der Waals surface area contributed by atoms with Gasteiger partial charge in [0.1, 0.15) is 11.6 Å². The summed E-state index contributed by atoms with van der Waals surface area (Å²) < 4.78 is 13.9. The van der Waals surface area contributed by atoms with Crippen molar-refractivity contribution < 1.29 is 4.39 Å². The Hall–Kier alpha value is -1.52. The SMILES string of the molecule is CCNCc1c(C)nc(Cc2cccc(Cl)c2F)nc1C. The third kappa shape index (κ3) is 3.77. The second-order valence-electron chi connectivity index (χ2n) is 4.96. The maximum Gasteiger partial charge on any atom is 0.145 e. The van der Waals surface area contributed by atoms with E-state index in [1.807, 2.05) is 13.8 Å². The van der Waals surface area contributed by atoms with E-state index in [0.29, 0.717) is 17.8 Å². The summed E-state index contributed by atoms with van der Waals surface area (Å²) in [6, 6.07) is 4.99. The van der Waals surface area contributed by atoms with Crippen LogP contribution in [0.1, 0.15) is 35.3 Å². The fourth-order valence-corrected chi connectivity index (χ4v) is 2.44. The van der Waals surface area contributed by atoms with Gasteiger partial charge in [-0.05, 0) is 32.0 Å². The van der Waals surface area contributed by atoms with Crippen LogP contribution in [0.2, 0.25) is 5.02 Å². The van der Waals surface area contributed by atoms with Crippen LogP contribution >= 0.6 is 11.6 Å². The van der Waals surface area contributed by atoms with Crippen LogP contribution in [0.15, 0.2) is 18.2 Å². The van der Waals surface area contributed by atoms with E-state index in [1.54, 1.807) is 12.1 Å². The first kappa shape index (κ1) is 15.9. The quantitative estimate of drug-likeness (QED) is 0.917. The monoisotopic (exact) mass is 307 g/mol. The number of benzene rings is 1. The molecule has 2 aromatic rings. The molecule has 1 aromatic heterocycles. The molecule has 0 bridgehead atoms. The second-order valence-corrected chi connectivity index (χ2v) is 5.37. The average Bonchev–Trinajstić information content (AvgIpc) is 2.43. The lowest BCUT2D eigenvalue weighted by atomic mass is 10.1. The van der Waals surface area contributed by atoms with Crippen LogP contribution in [-0.2, 0) is 13.0 Å². The molecule has 0 atom stereocenters. The summed E-state index contributed by atoms with van der Waals surface area (Å²) in [6.45, 7) is 7.62. The lowest BCUT2D eigenvalue weighted by Crippen LogP contribution is -2.16. The summed E-state index contributed by atoms with van der Waals surface area (Å²) >= 11 is 5.80. The van der Waals surface area contributed by atoms with Crippen LogP contribution in [-0.4, -0.2) is 16.5 Å². The molecule has 0 aliphatic heterocycles. The molecule has 0 unspecified atom stereocenters. The minimum absolute atomic E-state index is 0.129. The molecule has 5 heteroatoms. The number of halogens is 2. The molecule has 2 rings (SSSR count). The third-order valence-electron chi connectivity index (χ3n) is 3.40. The molecule has 112 valence electrons. The fraction of sp³-hybridized carbons (Fsp3) is 0.375. The summed E-state index contributed by atoms with van der Waals surface area (Å²) in [5.41, 5.74) is 3.48. The molecule has 0 aliphatic carbocycles. The van der Waals surface area contributed by atoms with Gasteiger partial charge in [0.05, 0.1) is 5.02 Å². The zero-order chi connectivity index (χ0) is 15.4. The Bertz CT molecular complexity index is 620. The molecular weight excluding hydrogens is 289 g/mol. The van der Waals surface area contributed by atoms with Crippen molar-refractivity contribution in [2.24, 2.45) is 0 Å². The molecular formula is C16H19ClFN3. The third-order valence-corrected chi connectivity index (χ3v) is 3.69. The second kappa shape index (κ2) is 6.96. The van der Waals surface area contributed by atoms with E-state index in [4.69, 9.17) is 11.6 Å². The minimum atomic E-state index is -0.394. The maximum absolute atomic E-state index is 13.9. The van der Waals surface area contributed by atoms with Gasteiger partial charge in [-0.15, -0.1) is 0 Å². The van der Waals surface area contributed by atoms with Crippen LogP contribution in [0.3, 0.4) is 0 Å². The Balaban J connectivity index is 2.27. The number of aromatic nitrogens is 2. The smallest absolute Gasteiger partial charge is 0.145 e. The summed E-state index contributed by atoms with van der Waals surface area (Å²) in [4.78, 5) is 8.98. The van der Waals surface area contributed by atoms with Crippen LogP contribution in [0.4, 0.5) is 4.39 Å². The van der Waals surface area contributed by atoms with Crippen molar-refractivity contribution in [1.29, 1.82) is 0 Å². The number of hydrogen-bond acceptors (Lipinski definition) is 3. The van der Waals surface area contributed by atoms with Crippen molar-refractivity contribution in [3.05, 3.63) is 57.4 Å². The zero-order valence-electron chi connectivity index (χ0n) is 12.5. The van der Waals surface area contributed by atoms with Crippen molar-refractivity contribution in [2.45, 2.75) is 33.7 Å². The van der Waals surface area contributed by atoms with Gasteiger partial charge >= 0.3 is 0 Å². The molecule has 1 heterocycles. The zero-order valence-corrected chi connectivity index (χ0v) is 13.3. The van der Waals surface area contributed by atoms with E-state index in [1.165, 1.54) is 6.07 Å². The summed E-state index contributed by atoms with van der Waals surface area (Å²) in [7, 11) is 0. The van der Waals surface area contributed by atoms with Crippen molar-refractivity contribution in [2.75, 3.05) is 6.54 Å². The molecule has 0 saturated carbocycles. The van der Waals surface area contributed by atoms with Gasteiger partial charge in [0, 0.05) is 29.9 Å². The minimum Gasteiger partial charge on any atom is -0.313 e. The summed E-state index contributed by atoms with van der Waals surface area (Å²) in [6.07, 6.45) is 0.343. The first-order valence-electron chi connectivity index (χ1n) is 6.99. The molecule has 0 fully saturated rings. The van der Waals surface area contributed by atoms with Gasteiger partial charge in [0.15, 0.2) is 0 Å². The molecule has 1 aromatic carbocycles.